The van der Waals surface area contributed by atoms with E-state index in [1.54, 1.807) is 32.0 Å². The van der Waals surface area contributed by atoms with Crippen molar-refractivity contribution in [2.75, 3.05) is 11.9 Å². The molecule has 0 aliphatic heterocycles. The molecule has 0 aliphatic carbocycles. The minimum absolute atomic E-state index is 0.00701. The Morgan fingerprint density at radius 3 is 2.59 bits per heavy atom. The van der Waals surface area contributed by atoms with Crippen LogP contribution in [0, 0.1) is 0 Å². The standard InChI is InChI=1S/C22H22Cl2N4O3S/c1-3-31-19(29)12-18-26-27-22(28(18)13-15-8-5-4-6-9-15)32-14(2)21(30)25-17-11-7-10-16(23)20(17)24/h4-11,14H,3,12-13H2,1-2H3,(H,25,30)/t14-/m1/s1. The fourth-order valence-electron chi connectivity index (χ4n) is 2.85. The largest absolute Gasteiger partial charge is 0.466 e. The minimum Gasteiger partial charge on any atom is -0.466 e. The van der Waals surface area contributed by atoms with Crippen LogP contribution >= 0.6 is 35.0 Å². The molecule has 10 heteroatoms. The van der Waals surface area contributed by atoms with Crippen LogP contribution in [0.5, 0.6) is 0 Å². The number of benzene rings is 2. The molecule has 0 fully saturated rings. The molecular weight excluding hydrogens is 471 g/mol. The number of nitrogens with zero attached hydrogens (tertiary/aromatic N) is 3. The summed E-state index contributed by atoms with van der Waals surface area (Å²) in [4.78, 5) is 24.8. The van der Waals surface area contributed by atoms with Crippen LogP contribution in [0.15, 0.2) is 53.7 Å². The van der Waals surface area contributed by atoms with Crippen LogP contribution in [0.2, 0.25) is 10.0 Å². The normalized spacial score (nSPS) is 11.8. The highest BCUT2D eigenvalue weighted by Crippen LogP contribution is 2.31. The first-order valence-electron chi connectivity index (χ1n) is 9.92. The van der Waals surface area contributed by atoms with Gasteiger partial charge in [-0.25, -0.2) is 0 Å². The quantitative estimate of drug-likeness (QED) is 0.339. The second-order valence-corrected chi connectivity index (χ2v) is 8.90. The maximum absolute atomic E-state index is 12.8. The monoisotopic (exact) mass is 492 g/mol. The number of anilines is 1. The van der Waals surface area contributed by atoms with Gasteiger partial charge < -0.3 is 14.6 Å². The number of hydrogen-bond donors (Lipinski definition) is 1. The lowest BCUT2D eigenvalue weighted by atomic mass is 10.2. The zero-order chi connectivity index (χ0) is 23.1. The average Bonchev–Trinajstić information content (AvgIpc) is 3.13. The highest BCUT2D eigenvalue weighted by molar-refractivity contribution is 8.00. The number of amides is 1. The highest BCUT2D eigenvalue weighted by Gasteiger charge is 2.22. The summed E-state index contributed by atoms with van der Waals surface area (Å²) in [5.74, 6) is -0.173. The van der Waals surface area contributed by atoms with E-state index in [1.807, 2.05) is 34.9 Å². The molecule has 1 heterocycles. The molecule has 0 bridgehead atoms. The van der Waals surface area contributed by atoms with Gasteiger partial charge in [0.05, 0.1) is 34.1 Å². The summed E-state index contributed by atoms with van der Waals surface area (Å²) in [6.07, 6.45) is -0.00701. The number of carbonyl (C=O) groups excluding carboxylic acids is 2. The maximum Gasteiger partial charge on any atom is 0.313 e. The zero-order valence-electron chi connectivity index (χ0n) is 17.5. The first kappa shape index (κ1) is 24.1. The number of nitrogens with one attached hydrogen (secondary N) is 1. The Kier molecular flexibility index (Phi) is 8.55. The third-order valence-corrected chi connectivity index (χ3v) is 6.35. The van der Waals surface area contributed by atoms with Gasteiger partial charge in [0.25, 0.3) is 0 Å². The highest BCUT2D eigenvalue weighted by atomic mass is 35.5. The molecule has 1 aromatic heterocycles. The first-order valence-corrected chi connectivity index (χ1v) is 11.6. The van der Waals surface area contributed by atoms with Crippen LogP contribution in [0.4, 0.5) is 5.69 Å². The molecule has 3 aromatic rings. The number of halogens is 2. The number of esters is 1. The van der Waals surface area contributed by atoms with Crippen LogP contribution in [0.1, 0.15) is 25.2 Å². The lowest BCUT2D eigenvalue weighted by Gasteiger charge is -2.15. The van der Waals surface area contributed by atoms with E-state index in [9.17, 15) is 9.59 Å². The van der Waals surface area contributed by atoms with Crippen LogP contribution in [0.3, 0.4) is 0 Å². The molecule has 2 aromatic carbocycles. The zero-order valence-corrected chi connectivity index (χ0v) is 19.9. The van der Waals surface area contributed by atoms with E-state index < -0.39 is 5.25 Å². The van der Waals surface area contributed by atoms with Gasteiger partial charge in [0, 0.05) is 0 Å². The molecule has 0 aliphatic rings. The van der Waals surface area contributed by atoms with E-state index in [0.29, 0.717) is 28.2 Å². The predicted molar refractivity (Wildman–Crippen MR) is 126 cm³/mol. The van der Waals surface area contributed by atoms with Gasteiger partial charge in [0.15, 0.2) is 5.16 Å². The van der Waals surface area contributed by atoms with E-state index >= 15 is 0 Å². The fourth-order valence-corrected chi connectivity index (χ4v) is 4.06. The van der Waals surface area contributed by atoms with Gasteiger partial charge in [-0.15, -0.1) is 10.2 Å². The van der Waals surface area contributed by atoms with Crippen molar-refractivity contribution in [3.8, 4) is 0 Å². The van der Waals surface area contributed by atoms with Gasteiger partial charge in [-0.1, -0.05) is 71.4 Å². The molecule has 168 valence electrons. The molecule has 1 N–H and O–H groups in total. The third kappa shape index (κ3) is 6.25. The molecule has 0 saturated carbocycles. The molecule has 7 nitrogen and oxygen atoms in total. The van der Waals surface area contributed by atoms with Crippen molar-refractivity contribution in [2.45, 2.75) is 37.2 Å². The molecule has 0 spiro atoms. The lowest BCUT2D eigenvalue weighted by Crippen LogP contribution is -2.23. The summed E-state index contributed by atoms with van der Waals surface area (Å²) in [5.41, 5.74) is 1.45. The van der Waals surface area contributed by atoms with Crippen molar-refractivity contribution in [1.82, 2.24) is 14.8 Å². The number of rotatable bonds is 9. The number of aromatic nitrogens is 3. The lowest BCUT2D eigenvalue weighted by molar-refractivity contribution is -0.142. The van der Waals surface area contributed by atoms with E-state index in [-0.39, 0.29) is 29.9 Å². The Morgan fingerprint density at radius 2 is 1.88 bits per heavy atom. The van der Waals surface area contributed by atoms with Gasteiger partial charge in [-0.3, -0.25) is 9.59 Å². The summed E-state index contributed by atoms with van der Waals surface area (Å²) in [5, 5.41) is 11.8. The number of carbonyl (C=O) groups is 2. The van der Waals surface area contributed by atoms with Gasteiger partial charge in [0.1, 0.15) is 12.2 Å². The van der Waals surface area contributed by atoms with Crippen LogP contribution in [0.25, 0.3) is 0 Å². The van der Waals surface area contributed by atoms with Crippen molar-refractivity contribution < 1.29 is 14.3 Å². The summed E-state index contributed by atoms with van der Waals surface area (Å²) in [6.45, 7) is 4.25. The third-order valence-electron chi connectivity index (χ3n) is 4.45. The fraction of sp³-hybridized carbons (Fsp3) is 0.273. The van der Waals surface area contributed by atoms with Crippen molar-refractivity contribution in [3.05, 3.63) is 70.0 Å². The molecule has 0 unspecified atom stereocenters. The Bertz CT molecular complexity index is 1090. The van der Waals surface area contributed by atoms with Crippen LogP contribution in [-0.4, -0.2) is 38.5 Å². The van der Waals surface area contributed by atoms with E-state index in [0.717, 1.165) is 5.56 Å². The second-order valence-electron chi connectivity index (χ2n) is 6.80. The number of hydrogen-bond acceptors (Lipinski definition) is 6. The molecule has 32 heavy (non-hydrogen) atoms. The average molecular weight is 493 g/mol. The minimum atomic E-state index is -0.515. The first-order chi connectivity index (χ1) is 15.4. The van der Waals surface area contributed by atoms with Crippen LogP contribution in [-0.2, 0) is 27.3 Å². The second kappa shape index (κ2) is 11.4. The molecular formula is C22H22Cl2N4O3S. The van der Waals surface area contributed by atoms with Gasteiger partial charge in [-0.2, -0.15) is 0 Å². The van der Waals surface area contributed by atoms with E-state index in [2.05, 4.69) is 15.5 Å². The summed E-state index contributed by atoms with van der Waals surface area (Å²) >= 11 is 13.4. The Morgan fingerprint density at radius 1 is 1.12 bits per heavy atom. The predicted octanol–water partition coefficient (Wildman–Crippen LogP) is 4.86. The Balaban J connectivity index is 1.79. The van der Waals surface area contributed by atoms with Crippen molar-refractivity contribution in [2.24, 2.45) is 0 Å². The summed E-state index contributed by atoms with van der Waals surface area (Å²) in [6, 6.07) is 14.8. The summed E-state index contributed by atoms with van der Waals surface area (Å²) < 4.78 is 6.88. The van der Waals surface area contributed by atoms with Crippen molar-refractivity contribution in [3.63, 3.8) is 0 Å². The number of ether oxygens (including phenoxy) is 1. The Hall–Kier alpha value is -2.55. The molecule has 1 amide bonds. The topological polar surface area (TPSA) is 86.1 Å². The summed E-state index contributed by atoms with van der Waals surface area (Å²) in [7, 11) is 0. The molecule has 1 atom stereocenters. The van der Waals surface area contributed by atoms with Gasteiger partial charge >= 0.3 is 5.97 Å². The van der Waals surface area contributed by atoms with E-state index in [4.69, 9.17) is 27.9 Å². The number of thioether (sulfide) groups is 1. The SMILES string of the molecule is CCOC(=O)Cc1nnc(S[C@H](C)C(=O)Nc2cccc(Cl)c2Cl)n1Cc1ccccc1. The molecule has 3 rings (SSSR count). The van der Waals surface area contributed by atoms with Crippen molar-refractivity contribution in [1.29, 1.82) is 0 Å². The van der Waals surface area contributed by atoms with Crippen molar-refractivity contribution >= 4 is 52.5 Å². The Labute approximate surface area is 200 Å². The van der Waals surface area contributed by atoms with Crippen LogP contribution < -0.4 is 5.32 Å². The smallest absolute Gasteiger partial charge is 0.313 e. The molecule has 0 radical (unpaired) electrons. The molecule has 0 saturated heterocycles. The van der Waals surface area contributed by atoms with Gasteiger partial charge in [0.2, 0.25) is 5.91 Å². The van der Waals surface area contributed by atoms with E-state index in [1.165, 1.54) is 11.8 Å². The maximum atomic E-state index is 12.8. The van der Waals surface area contributed by atoms with Gasteiger partial charge in [-0.05, 0) is 31.5 Å².